The Morgan fingerprint density at radius 1 is 1.30 bits per heavy atom. The molecule has 0 unspecified atom stereocenters. The second kappa shape index (κ2) is 6.33. The van der Waals surface area contributed by atoms with Crippen molar-refractivity contribution in [3.8, 4) is 0 Å². The van der Waals surface area contributed by atoms with Crippen LogP contribution < -0.4 is 5.32 Å². The van der Waals surface area contributed by atoms with Crippen molar-refractivity contribution in [1.29, 1.82) is 0 Å². The van der Waals surface area contributed by atoms with Gasteiger partial charge in [0.05, 0.1) is 18.0 Å². The monoisotopic (exact) mass is 368 g/mol. The van der Waals surface area contributed by atoms with Crippen molar-refractivity contribution < 1.29 is 13.9 Å². The van der Waals surface area contributed by atoms with Crippen molar-refractivity contribution in [3.05, 3.63) is 58.8 Å². The van der Waals surface area contributed by atoms with Gasteiger partial charge in [0.15, 0.2) is 5.65 Å². The average Bonchev–Trinajstić information content (AvgIpc) is 3.18. The second-order valence-electron chi connectivity index (χ2n) is 7.38. The highest BCUT2D eigenvalue weighted by Gasteiger charge is 2.35. The lowest BCUT2D eigenvalue weighted by molar-refractivity contribution is 0.0510. The topological polar surface area (TPSA) is 68.5 Å². The highest BCUT2D eigenvalue weighted by atomic mass is 19.1. The number of esters is 1. The van der Waals surface area contributed by atoms with Crippen LogP contribution >= 0.6 is 0 Å². The van der Waals surface area contributed by atoms with Crippen LogP contribution in [-0.4, -0.2) is 33.7 Å². The fraction of sp³-hybridized carbons (Fsp3) is 0.350. The highest BCUT2D eigenvalue weighted by Crippen LogP contribution is 2.38. The Kier molecular flexibility index (Phi) is 4.09. The Labute approximate surface area is 156 Å². The fourth-order valence-electron chi connectivity index (χ4n) is 3.61. The summed E-state index contributed by atoms with van der Waals surface area (Å²) in [5.41, 5.74) is 4.22. The van der Waals surface area contributed by atoms with E-state index < -0.39 is 5.97 Å². The van der Waals surface area contributed by atoms with Gasteiger partial charge in [0.25, 0.3) is 0 Å². The standard InChI is InChI=1S/C20H21FN4O2/c1-4-27-19(26)18-24-23-17-13(9-12-5-7-14(21)8-6-12)10-15-16(25(17)18)20(2,3)11-22-15/h5-8,10,22H,4,9,11H2,1-3H3. The van der Waals surface area contributed by atoms with Crippen LogP contribution in [0.15, 0.2) is 30.3 Å². The number of hydrogen-bond acceptors (Lipinski definition) is 5. The molecule has 0 spiro atoms. The maximum atomic E-state index is 13.2. The Balaban J connectivity index is 1.90. The summed E-state index contributed by atoms with van der Waals surface area (Å²) in [6, 6.07) is 8.43. The number of carbonyl (C=O) groups excluding carboxylic acids is 1. The molecule has 1 aliphatic rings. The van der Waals surface area contributed by atoms with Gasteiger partial charge in [-0.3, -0.25) is 4.40 Å². The van der Waals surface area contributed by atoms with Gasteiger partial charge in [0.2, 0.25) is 5.82 Å². The molecule has 27 heavy (non-hydrogen) atoms. The van der Waals surface area contributed by atoms with Crippen LogP contribution in [0.3, 0.4) is 0 Å². The van der Waals surface area contributed by atoms with Crippen LogP contribution in [0.25, 0.3) is 5.65 Å². The summed E-state index contributed by atoms with van der Waals surface area (Å²) < 4.78 is 20.2. The Morgan fingerprint density at radius 3 is 2.74 bits per heavy atom. The van der Waals surface area contributed by atoms with Crippen molar-refractivity contribution in [2.24, 2.45) is 0 Å². The molecular weight excluding hydrogens is 347 g/mol. The van der Waals surface area contributed by atoms with E-state index in [1.165, 1.54) is 12.1 Å². The van der Waals surface area contributed by atoms with Gasteiger partial charge in [-0.1, -0.05) is 26.0 Å². The molecule has 0 aliphatic carbocycles. The van der Waals surface area contributed by atoms with Crippen molar-refractivity contribution in [1.82, 2.24) is 14.6 Å². The second-order valence-corrected chi connectivity index (χ2v) is 7.38. The molecule has 0 saturated carbocycles. The number of halogens is 1. The summed E-state index contributed by atoms with van der Waals surface area (Å²) in [7, 11) is 0. The van der Waals surface area contributed by atoms with Gasteiger partial charge in [0, 0.05) is 23.9 Å². The van der Waals surface area contributed by atoms with Gasteiger partial charge in [-0.15, -0.1) is 10.2 Å². The van der Waals surface area contributed by atoms with Gasteiger partial charge in [-0.05, 0) is 30.7 Å². The number of hydrogen-bond donors (Lipinski definition) is 1. The SMILES string of the molecule is CCOC(=O)c1nnc2c(Cc3ccc(F)cc3)cc3c(n12)C(C)(C)CN3. The van der Waals surface area contributed by atoms with Crippen LogP contribution in [0.5, 0.6) is 0 Å². The first kappa shape index (κ1) is 17.5. The number of carbonyl (C=O) groups is 1. The number of pyridine rings is 1. The zero-order chi connectivity index (χ0) is 19.2. The molecule has 1 aromatic carbocycles. The predicted octanol–water partition coefficient (Wildman–Crippen LogP) is 3.34. The Morgan fingerprint density at radius 2 is 2.04 bits per heavy atom. The minimum Gasteiger partial charge on any atom is -0.460 e. The lowest BCUT2D eigenvalue weighted by Gasteiger charge is -2.20. The van der Waals surface area contributed by atoms with Gasteiger partial charge in [-0.25, -0.2) is 9.18 Å². The van der Waals surface area contributed by atoms with Gasteiger partial charge in [-0.2, -0.15) is 0 Å². The minimum atomic E-state index is -0.492. The molecular formula is C20H21FN4O2. The van der Waals surface area contributed by atoms with Gasteiger partial charge < -0.3 is 10.1 Å². The number of nitrogens with one attached hydrogen (secondary N) is 1. The summed E-state index contributed by atoms with van der Waals surface area (Å²) in [5.74, 6) is -0.581. The first-order valence-electron chi connectivity index (χ1n) is 8.97. The zero-order valence-corrected chi connectivity index (χ0v) is 15.5. The van der Waals surface area contributed by atoms with E-state index in [4.69, 9.17) is 4.74 Å². The van der Waals surface area contributed by atoms with E-state index >= 15 is 0 Å². The minimum absolute atomic E-state index is 0.181. The molecule has 3 aromatic rings. The van der Waals surface area contributed by atoms with Crippen molar-refractivity contribution in [3.63, 3.8) is 0 Å². The maximum absolute atomic E-state index is 13.2. The molecule has 7 heteroatoms. The maximum Gasteiger partial charge on any atom is 0.376 e. The molecule has 0 atom stereocenters. The van der Waals surface area contributed by atoms with Crippen LogP contribution in [0, 0.1) is 5.82 Å². The fourth-order valence-corrected chi connectivity index (χ4v) is 3.61. The molecule has 0 radical (unpaired) electrons. The van der Waals surface area contributed by atoms with E-state index in [1.54, 1.807) is 19.1 Å². The molecule has 1 N–H and O–H groups in total. The summed E-state index contributed by atoms with van der Waals surface area (Å²) in [6.07, 6.45) is 0.556. The van der Waals surface area contributed by atoms with Crippen molar-refractivity contribution in [2.45, 2.75) is 32.6 Å². The molecule has 0 amide bonds. The van der Waals surface area contributed by atoms with Crippen LogP contribution in [0.1, 0.15) is 48.2 Å². The van der Waals surface area contributed by atoms with Crippen LogP contribution in [-0.2, 0) is 16.6 Å². The number of ether oxygens (including phenoxy) is 1. The van der Waals surface area contributed by atoms with Crippen molar-refractivity contribution in [2.75, 3.05) is 18.5 Å². The molecule has 0 saturated heterocycles. The zero-order valence-electron chi connectivity index (χ0n) is 15.5. The summed E-state index contributed by atoms with van der Waals surface area (Å²) in [6.45, 7) is 7.00. The largest absolute Gasteiger partial charge is 0.460 e. The number of anilines is 1. The summed E-state index contributed by atoms with van der Waals surface area (Å²) in [4.78, 5) is 12.4. The van der Waals surface area contributed by atoms with Crippen LogP contribution in [0.2, 0.25) is 0 Å². The third-order valence-corrected chi connectivity index (χ3v) is 4.88. The highest BCUT2D eigenvalue weighted by molar-refractivity contribution is 5.87. The third-order valence-electron chi connectivity index (χ3n) is 4.88. The predicted molar refractivity (Wildman–Crippen MR) is 99.7 cm³/mol. The summed E-state index contributed by atoms with van der Waals surface area (Å²) >= 11 is 0. The molecule has 0 bridgehead atoms. The Bertz CT molecular complexity index is 1020. The van der Waals surface area contributed by atoms with E-state index in [9.17, 15) is 9.18 Å². The first-order valence-corrected chi connectivity index (χ1v) is 8.97. The molecule has 1 aliphatic heterocycles. The van der Waals surface area contributed by atoms with E-state index in [-0.39, 0.29) is 23.7 Å². The first-order chi connectivity index (χ1) is 12.9. The number of nitrogens with zero attached hydrogens (tertiary/aromatic N) is 3. The molecule has 0 fully saturated rings. The van der Waals surface area contributed by atoms with Gasteiger partial charge >= 0.3 is 5.97 Å². The molecule has 6 nitrogen and oxygen atoms in total. The molecule has 140 valence electrons. The Hall–Kier alpha value is -2.96. The number of benzene rings is 1. The average molecular weight is 368 g/mol. The lowest BCUT2D eigenvalue weighted by Crippen LogP contribution is -2.23. The molecule has 2 aromatic heterocycles. The normalized spacial score (nSPS) is 14.8. The molecule has 3 heterocycles. The number of rotatable bonds is 4. The van der Waals surface area contributed by atoms with Crippen molar-refractivity contribution >= 4 is 17.3 Å². The summed E-state index contributed by atoms with van der Waals surface area (Å²) in [5, 5.41) is 11.8. The van der Waals surface area contributed by atoms with E-state index in [0.29, 0.717) is 12.1 Å². The quantitative estimate of drug-likeness (QED) is 0.716. The third kappa shape index (κ3) is 2.93. The number of fused-ring (bicyclic) bond motifs is 3. The number of aromatic nitrogens is 3. The van der Waals surface area contributed by atoms with E-state index in [0.717, 1.165) is 29.1 Å². The van der Waals surface area contributed by atoms with Gasteiger partial charge in [0.1, 0.15) is 5.82 Å². The van der Waals surface area contributed by atoms with E-state index in [2.05, 4.69) is 29.4 Å². The van der Waals surface area contributed by atoms with E-state index in [1.807, 2.05) is 10.5 Å². The molecule has 4 rings (SSSR count). The lowest BCUT2D eigenvalue weighted by atomic mass is 9.90. The smallest absolute Gasteiger partial charge is 0.376 e. The van der Waals surface area contributed by atoms with Crippen LogP contribution in [0.4, 0.5) is 10.1 Å².